The molecule has 0 aliphatic carbocycles. The minimum atomic E-state index is -5.95. The SMILES string of the molecule is OC(c1cc(F)c(F)cc1F)C(C(F)(F)F)C(F)(F)F. The summed E-state index contributed by atoms with van der Waals surface area (Å²) in [6.45, 7) is 0. The van der Waals surface area contributed by atoms with Crippen LogP contribution in [0.2, 0.25) is 0 Å². The van der Waals surface area contributed by atoms with E-state index in [2.05, 4.69) is 0 Å². The topological polar surface area (TPSA) is 20.2 Å². The molecule has 20 heavy (non-hydrogen) atoms. The summed E-state index contributed by atoms with van der Waals surface area (Å²) in [7, 11) is 0. The minimum absolute atomic E-state index is 0.250. The molecule has 1 aromatic rings. The standard InChI is InChI=1S/C10H5F9O/c11-4-2-6(13)5(12)1-3(4)7(20)8(9(14,15)16)10(17,18)19/h1-2,7-8,20H. The quantitative estimate of drug-likeness (QED) is 0.649. The van der Waals surface area contributed by atoms with E-state index in [0.29, 0.717) is 0 Å². The van der Waals surface area contributed by atoms with Crippen LogP contribution in [-0.2, 0) is 0 Å². The lowest BCUT2D eigenvalue weighted by Crippen LogP contribution is -2.41. The summed E-state index contributed by atoms with van der Waals surface area (Å²) in [5.41, 5.74) is -1.64. The molecule has 0 spiro atoms. The lowest BCUT2D eigenvalue weighted by molar-refractivity contribution is -0.307. The Kier molecular flexibility index (Phi) is 4.28. The Hall–Kier alpha value is -1.45. The Balaban J connectivity index is 3.34. The van der Waals surface area contributed by atoms with E-state index in [1.165, 1.54) is 0 Å². The summed E-state index contributed by atoms with van der Waals surface area (Å²) in [5.74, 6) is -9.94. The molecule has 0 aliphatic rings. The van der Waals surface area contributed by atoms with Gasteiger partial charge in [-0.25, -0.2) is 13.2 Å². The number of aliphatic hydroxyl groups excluding tert-OH is 1. The monoisotopic (exact) mass is 312 g/mol. The zero-order valence-electron chi connectivity index (χ0n) is 9.16. The van der Waals surface area contributed by atoms with Crippen LogP contribution in [0, 0.1) is 23.4 Å². The van der Waals surface area contributed by atoms with E-state index < -0.39 is 47.4 Å². The van der Waals surface area contributed by atoms with Gasteiger partial charge in [0, 0.05) is 11.6 Å². The van der Waals surface area contributed by atoms with Crippen molar-refractivity contribution >= 4 is 0 Å². The molecule has 0 aromatic heterocycles. The van der Waals surface area contributed by atoms with E-state index in [0.717, 1.165) is 0 Å². The molecule has 0 radical (unpaired) electrons. The highest BCUT2D eigenvalue weighted by Crippen LogP contribution is 2.46. The van der Waals surface area contributed by atoms with Gasteiger partial charge in [-0.15, -0.1) is 0 Å². The molecule has 114 valence electrons. The predicted octanol–water partition coefficient (Wildman–Crippen LogP) is 3.88. The molecule has 0 aliphatic heterocycles. The number of halogens is 9. The number of hydrogen-bond donors (Lipinski definition) is 1. The summed E-state index contributed by atoms with van der Waals surface area (Å²) in [6, 6.07) is -0.502. The van der Waals surface area contributed by atoms with Gasteiger partial charge in [-0.1, -0.05) is 0 Å². The fourth-order valence-corrected chi connectivity index (χ4v) is 1.49. The maximum absolute atomic E-state index is 13.1. The molecule has 0 fully saturated rings. The van der Waals surface area contributed by atoms with Crippen molar-refractivity contribution in [3.8, 4) is 0 Å². The Morgan fingerprint density at radius 2 is 1.15 bits per heavy atom. The maximum Gasteiger partial charge on any atom is 0.403 e. The molecule has 1 aromatic carbocycles. The second kappa shape index (κ2) is 5.15. The summed E-state index contributed by atoms with van der Waals surface area (Å²) < 4.78 is 112. The molecule has 10 heteroatoms. The lowest BCUT2D eigenvalue weighted by Gasteiger charge is -2.27. The first-order valence-electron chi connectivity index (χ1n) is 4.81. The largest absolute Gasteiger partial charge is 0.403 e. The van der Waals surface area contributed by atoms with Gasteiger partial charge in [-0.05, 0) is 6.07 Å². The molecule has 0 saturated heterocycles. The third kappa shape index (κ3) is 3.35. The summed E-state index contributed by atoms with van der Waals surface area (Å²) in [6.07, 6.45) is -15.4. The average molecular weight is 312 g/mol. The van der Waals surface area contributed by atoms with E-state index in [9.17, 15) is 39.5 Å². The fraction of sp³-hybridized carbons (Fsp3) is 0.400. The summed E-state index contributed by atoms with van der Waals surface area (Å²) in [4.78, 5) is 0. The molecular weight excluding hydrogens is 307 g/mol. The highest BCUT2D eigenvalue weighted by atomic mass is 19.4. The van der Waals surface area contributed by atoms with E-state index in [1.54, 1.807) is 0 Å². The summed E-state index contributed by atoms with van der Waals surface area (Å²) >= 11 is 0. The van der Waals surface area contributed by atoms with Crippen molar-refractivity contribution in [1.29, 1.82) is 0 Å². The number of benzene rings is 1. The zero-order valence-corrected chi connectivity index (χ0v) is 9.16. The second-order valence-electron chi connectivity index (χ2n) is 3.79. The van der Waals surface area contributed by atoms with Gasteiger partial charge in [-0.2, -0.15) is 26.3 Å². The normalized spacial score (nSPS) is 14.8. The first-order chi connectivity index (χ1) is 8.85. The van der Waals surface area contributed by atoms with Gasteiger partial charge in [0.1, 0.15) is 11.9 Å². The lowest BCUT2D eigenvalue weighted by atomic mass is 9.94. The van der Waals surface area contributed by atoms with Gasteiger partial charge in [0.15, 0.2) is 17.6 Å². The van der Waals surface area contributed by atoms with E-state index in [4.69, 9.17) is 5.11 Å². The Bertz CT molecular complexity index is 477. The van der Waals surface area contributed by atoms with Crippen molar-refractivity contribution in [2.45, 2.75) is 18.5 Å². The molecule has 1 atom stereocenters. The second-order valence-corrected chi connectivity index (χ2v) is 3.79. The van der Waals surface area contributed by atoms with Crippen LogP contribution >= 0.6 is 0 Å². The predicted molar refractivity (Wildman–Crippen MR) is 46.9 cm³/mol. The number of alkyl halides is 6. The van der Waals surface area contributed by atoms with Crippen molar-refractivity contribution in [2.24, 2.45) is 5.92 Å². The smallest absolute Gasteiger partial charge is 0.387 e. The number of hydrogen-bond acceptors (Lipinski definition) is 1. The minimum Gasteiger partial charge on any atom is -0.387 e. The van der Waals surface area contributed by atoms with Gasteiger partial charge in [0.2, 0.25) is 0 Å². The molecule has 1 N–H and O–H groups in total. The van der Waals surface area contributed by atoms with E-state index in [-0.39, 0.29) is 12.1 Å². The van der Waals surface area contributed by atoms with E-state index >= 15 is 0 Å². The van der Waals surface area contributed by atoms with Crippen LogP contribution in [0.3, 0.4) is 0 Å². The molecular formula is C10H5F9O. The molecule has 0 saturated carbocycles. The highest BCUT2D eigenvalue weighted by Gasteiger charge is 2.60. The Labute approximate surface area is 105 Å². The third-order valence-corrected chi connectivity index (χ3v) is 2.38. The van der Waals surface area contributed by atoms with Crippen molar-refractivity contribution in [3.63, 3.8) is 0 Å². The van der Waals surface area contributed by atoms with Crippen LogP contribution in [0.15, 0.2) is 12.1 Å². The Morgan fingerprint density at radius 1 is 0.750 bits per heavy atom. The highest BCUT2D eigenvalue weighted by molar-refractivity contribution is 5.23. The summed E-state index contributed by atoms with van der Waals surface area (Å²) in [5, 5.41) is 9.08. The van der Waals surface area contributed by atoms with Crippen molar-refractivity contribution < 1.29 is 44.6 Å². The van der Waals surface area contributed by atoms with Crippen LogP contribution < -0.4 is 0 Å². The molecule has 1 rings (SSSR count). The third-order valence-electron chi connectivity index (χ3n) is 2.38. The number of aliphatic hydroxyl groups is 1. The average Bonchev–Trinajstić information content (AvgIpc) is 2.18. The van der Waals surface area contributed by atoms with Crippen LogP contribution in [0.1, 0.15) is 11.7 Å². The Morgan fingerprint density at radius 3 is 1.55 bits per heavy atom. The number of rotatable bonds is 2. The van der Waals surface area contributed by atoms with Crippen LogP contribution in [0.5, 0.6) is 0 Å². The van der Waals surface area contributed by atoms with Gasteiger partial charge in [0.05, 0.1) is 0 Å². The molecule has 1 nitrogen and oxygen atoms in total. The zero-order chi connectivity index (χ0) is 15.9. The molecule has 0 bridgehead atoms. The van der Waals surface area contributed by atoms with E-state index in [1.807, 2.05) is 0 Å². The van der Waals surface area contributed by atoms with Crippen LogP contribution in [0.4, 0.5) is 39.5 Å². The van der Waals surface area contributed by atoms with Crippen molar-refractivity contribution in [2.75, 3.05) is 0 Å². The molecule has 1 unspecified atom stereocenters. The molecule has 0 amide bonds. The van der Waals surface area contributed by atoms with Crippen LogP contribution in [0.25, 0.3) is 0 Å². The van der Waals surface area contributed by atoms with Gasteiger partial charge >= 0.3 is 12.4 Å². The van der Waals surface area contributed by atoms with Gasteiger partial charge < -0.3 is 5.11 Å². The maximum atomic E-state index is 13.1. The van der Waals surface area contributed by atoms with Crippen molar-refractivity contribution in [1.82, 2.24) is 0 Å². The van der Waals surface area contributed by atoms with Crippen LogP contribution in [-0.4, -0.2) is 17.5 Å². The van der Waals surface area contributed by atoms with Gasteiger partial charge in [0.25, 0.3) is 0 Å². The van der Waals surface area contributed by atoms with Crippen molar-refractivity contribution in [3.05, 3.63) is 35.1 Å². The van der Waals surface area contributed by atoms with Gasteiger partial charge in [-0.3, -0.25) is 0 Å². The first-order valence-corrected chi connectivity index (χ1v) is 4.81. The molecule has 0 heterocycles. The fourth-order valence-electron chi connectivity index (χ4n) is 1.49. The first kappa shape index (κ1) is 16.6.